The zero-order valence-electron chi connectivity index (χ0n) is 9.62. The first-order valence-corrected chi connectivity index (χ1v) is 5.91. The molecule has 0 aliphatic carbocycles. The summed E-state index contributed by atoms with van der Waals surface area (Å²) in [5.41, 5.74) is -0.641. The normalized spacial score (nSPS) is 65.8. The van der Waals surface area contributed by atoms with Crippen molar-refractivity contribution < 1.29 is 5.48 Å². The summed E-state index contributed by atoms with van der Waals surface area (Å²) in [4.78, 5) is 0. The second-order valence-electron chi connectivity index (χ2n) is 2.97. The summed E-state index contributed by atoms with van der Waals surface area (Å²) in [6.45, 7) is 1.82. The molecule has 2 atom stereocenters. The van der Waals surface area contributed by atoms with Gasteiger partial charge < -0.3 is 0 Å². The average molecular weight is 132 g/mol. The zero-order valence-corrected chi connectivity index (χ0v) is 6.62. The lowest BCUT2D eigenvalue weighted by atomic mass is 10.3. The van der Waals surface area contributed by atoms with E-state index in [-0.39, 0.29) is 0 Å². The van der Waals surface area contributed by atoms with Crippen LogP contribution in [0.2, 0.25) is 24.6 Å². The maximum atomic E-state index is 8.00. The van der Waals surface area contributed by atoms with Crippen molar-refractivity contribution in [3.05, 3.63) is 0 Å². The molecule has 0 amide bonds. The minimum absolute atomic E-state index is 0.641. The van der Waals surface area contributed by atoms with Crippen LogP contribution in [0.1, 0.15) is 25.2 Å². The number of hydrogen-bond acceptors (Lipinski definition) is 0. The smallest absolute Gasteiger partial charge is 0.0502 e. The molecule has 1 rings (SSSR count). The van der Waals surface area contributed by atoms with E-state index >= 15 is 0 Å². The molecular formula is C7H16Si. The lowest BCUT2D eigenvalue weighted by molar-refractivity contribution is 0.816. The summed E-state index contributed by atoms with van der Waals surface area (Å²) in [6, 6.07) is 0.795. The molecule has 8 heavy (non-hydrogen) atoms. The van der Waals surface area contributed by atoms with Gasteiger partial charge in [0.25, 0.3) is 0 Å². The number of hydrogen-bond donors (Lipinski definition) is 0. The van der Waals surface area contributed by atoms with Gasteiger partial charge in [-0.3, -0.25) is 0 Å². The molecule has 0 saturated carbocycles. The van der Waals surface area contributed by atoms with Crippen LogP contribution in [0.25, 0.3) is 0 Å². The summed E-state index contributed by atoms with van der Waals surface area (Å²) in [6.07, 6.45) is 1.70. The van der Waals surface area contributed by atoms with Gasteiger partial charge in [-0.05, 0) is 5.52 Å². The lowest BCUT2D eigenvalue weighted by Crippen LogP contribution is -2.24. The van der Waals surface area contributed by atoms with Crippen molar-refractivity contribution in [2.75, 3.05) is 0 Å². The Kier molecular flexibility index (Phi) is 0.670. The van der Waals surface area contributed by atoms with Crippen molar-refractivity contribution in [2.24, 2.45) is 0 Å². The minimum atomic E-state index is -2.35. The van der Waals surface area contributed by atoms with Gasteiger partial charge in [0, 0.05) is 5.48 Å². The van der Waals surface area contributed by atoms with Crippen LogP contribution in [-0.4, -0.2) is 8.07 Å². The van der Waals surface area contributed by atoms with E-state index in [4.69, 9.17) is 5.48 Å². The van der Waals surface area contributed by atoms with E-state index < -0.39 is 20.1 Å². The SMILES string of the molecule is [2H]C([2H])([2H])[Si]1(C)CCC[C@@]1([2H])C. The lowest BCUT2D eigenvalue weighted by Gasteiger charge is -2.19. The Bertz CT molecular complexity index is 186. The standard InChI is InChI=1S/C7H16Si/c1-7-5-4-6-8(7,2)3/h7H,4-6H2,1-3H3/t7-/m1/s1/i2D3,7D/t7-,8?. The fraction of sp³-hybridized carbons (Fsp3) is 1.00. The molecule has 1 saturated heterocycles. The molecule has 1 aliphatic rings. The third kappa shape index (κ3) is 0.969. The molecule has 48 valence electrons. The van der Waals surface area contributed by atoms with Crippen molar-refractivity contribution in [2.45, 2.75) is 44.3 Å². The number of rotatable bonds is 0. The highest BCUT2D eigenvalue weighted by Crippen LogP contribution is 2.38. The fourth-order valence-corrected chi connectivity index (χ4v) is 3.24. The summed E-state index contributed by atoms with van der Waals surface area (Å²) in [7, 11) is -2.35. The molecule has 1 fully saturated rings. The predicted molar refractivity (Wildman–Crippen MR) is 40.9 cm³/mol. The molecule has 0 aromatic carbocycles. The van der Waals surface area contributed by atoms with Crippen LogP contribution in [0.5, 0.6) is 0 Å². The Balaban J connectivity index is 2.98. The van der Waals surface area contributed by atoms with Gasteiger partial charge in [-0.25, -0.2) is 0 Å². The van der Waals surface area contributed by atoms with Crippen LogP contribution in [0.3, 0.4) is 0 Å². The van der Waals surface area contributed by atoms with Crippen LogP contribution in [-0.2, 0) is 0 Å². The average Bonchev–Trinajstić information content (AvgIpc) is 2.07. The first-order chi connectivity index (χ1) is 5.21. The van der Waals surface area contributed by atoms with Gasteiger partial charge in [0.1, 0.15) is 0 Å². The Morgan fingerprint density at radius 3 is 2.88 bits per heavy atom. The highest BCUT2D eigenvalue weighted by Gasteiger charge is 2.32. The Morgan fingerprint density at radius 1 is 1.88 bits per heavy atom. The summed E-state index contributed by atoms with van der Waals surface area (Å²) >= 11 is 0. The van der Waals surface area contributed by atoms with Crippen LogP contribution in [0.15, 0.2) is 0 Å². The second-order valence-corrected chi connectivity index (χ2v) is 6.98. The van der Waals surface area contributed by atoms with E-state index in [9.17, 15) is 0 Å². The van der Waals surface area contributed by atoms with E-state index in [1.54, 1.807) is 6.92 Å². The van der Waals surface area contributed by atoms with Gasteiger partial charge in [0.15, 0.2) is 0 Å². The summed E-state index contributed by atoms with van der Waals surface area (Å²) in [5, 5.41) is 0. The fourth-order valence-electron chi connectivity index (χ4n) is 1.20. The van der Waals surface area contributed by atoms with Crippen LogP contribution >= 0.6 is 0 Å². The summed E-state index contributed by atoms with van der Waals surface area (Å²) < 4.78 is 30.4. The monoisotopic (exact) mass is 132 g/mol. The van der Waals surface area contributed by atoms with Crippen molar-refractivity contribution >= 4 is 8.07 Å². The zero-order chi connectivity index (χ0) is 9.62. The molecule has 1 heterocycles. The molecule has 0 aromatic heterocycles. The largest absolute Gasteiger partial charge is 0.0692 e. The third-order valence-electron chi connectivity index (χ3n) is 2.17. The first-order valence-electron chi connectivity index (χ1n) is 5.21. The van der Waals surface area contributed by atoms with Gasteiger partial charge >= 0.3 is 0 Å². The van der Waals surface area contributed by atoms with Gasteiger partial charge in [-0.15, -0.1) is 0 Å². The van der Waals surface area contributed by atoms with Crippen LogP contribution in [0, 0.1) is 0 Å². The highest BCUT2D eigenvalue weighted by molar-refractivity contribution is 6.79. The van der Waals surface area contributed by atoms with Crippen molar-refractivity contribution in [3.63, 3.8) is 0 Å². The molecule has 1 unspecified atom stereocenters. The Hall–Kier alpha value is 0.217. The second kappa shape index (κ2) is 1.87. The Morgan fingerprint density at radius 2 is 2.62 bits per heavy atom. The van der Waals surface area contributed by atoms with E-state index in [2.05, 4.69) is 0 Å². The maximum Gasteiger partial charge on any atom is 0.0502 e. The molecule has 0 spiro atoms. The molecule has 0 aromatic rings. The molecule has 1 aliphatic heterocycles. The Labute approximate surface area is 58.9 Å². The van der Waals surface area contributed by atoms with Crippen molar-refractivity contribution in [1.29, 1.82) is 0 Å². The molecule has 0 nitrogen and oxygen atoms in total. The first kappa shape index (κ1) is 2.87. The minimum Gasteiger partial charge on any atom is -0.0692 e. The van der Waals surface area contributed by atoms with Crippen LogP contribution < -0.4 is 0 Å². The maximum absolute atomic E-state index is 8.00. The molecule has 0 bridgehead atoms. The topological polar surface area (TPSA) is 0 Å². The van der Waals surface area contributed by atoms with Gasteiger partial charge in [0.05, 0.1) is 8.07 Å². The predicted octanol–water partition coefficient (Wildman–Crippen LogP) is 2.88. The van der Waals surface area contributed by atoms with E-state index in [1.165, 1.54) is 0 Å². The third-order valence-corrected chi connectivity index (χ3v) is 5.66. The van der Waals surface area contributed by atoms with Crippen molar-refractivity contribution in [1.82, 2.24) is 0 Å². The quantitative estimate of drug-likeness (QED) is 0.445. The van der Waals surface area contributed by atoms with Crippen molar-refractivity contribution in [3.8, 4) is 0 Å². The summed E-state index contributed by atoms with van der Waals surface area (Å²) in [5.74, 6) is 0. The molecule has 1 heteroatoms. The molecule has 0 radical (unpaired) electrons. The highest BCUT2D eigenvalue weighted by atomic mass is 28.3. The van der Waals surface area contributed by atoms with Gasteiger partial charge in [-0.2, -0.15) is 0 Å². The molecule has 0 N–H and O–H groups in total. The van der Waals surface area contributed by atoms with Gasteiger partial charge in [0.2, 0.25) is 0 Å². The van der Waals surface area contributed by atoms with Crippen LogP contribution in [0.4, 0.5) is 0 Å². The van der Waals surface area contributed by atoms with E-state index in [1.807, 2.05) is 6.55 Å². The van der Waals surface area contributed by atoms with Gasteiger partial charge in [-0.1, -0.05) is 38.8 Å². The molecular weight excluding hydrogens is 112 g/mol. The van der Waals surface area contributed by atoms with E-state index in [0.29, 0.717) is 0 Å². The van der Waals surface area contributed by atoms with E-state index in [0.717, 1.165) is 18.9 Å².